The molecule has 1 aliphatic heterocycles. The Morgan fingerprint density at radius 2 is 1.27 bits per heavy atom. The number of phenols is 1. The molecule has 0 saturated carbocycles. The number of carbonyl (C=O) groups excluding carboxylic acids is 3. The van der Waals surface area contributed by atoms with Crippen LogP contribution in [0.1, 0.15) is 52.8 Å². The molecule has 16 heteroatoms. The molecule has 0 saturated heterocycles. The second-order valence-electron chi connectivity index (χ2n) is 13.9. The Balaban J connectivity index is 1.36. The van der Waals surface area contributed by atoms with Crippen LogP contribution in [0.15, 0.2) is 106 Å². The number of carbonyl (C=O) groups is 4. The maximum Gasteiger partial charge on any atom is 0.356 e. The summed E-state index contributed by atoms with van der Waals surface area (Å²) in [5.41, 5.74) is 2.09. The van der Waals surface area contributed by atoms with Crippen molar-refractivity contribution in [1.29, 1.82) is 0 Å². The summed E-state index contributed by atoms with van der Waals surface area (Å²) in [6.07, 6.45) is 0. The van der Waals surface area contributed by atoms with Crippen molar-refractivity contribution in [1.82, 2.24) is 9.97 Å². The first-order valence-electron chi connectivity index (χ1n) is 18.7. The number of hydrogen-bond acceptors (Lipinski definition) is 14. The number of benzene rings is 5. The summed E-state index contributed by atoms with van der Waals surface area (Å²) in [6.45, 7) is -0.317. The molecule has 2 aliphatic rings. The van der Waals surface area contributed by atoms with Gasteiger partial charge in [-0.25, -0.2) is 29.1 Å². The molecule has 2 aromatic heterocycles. The number of hydrogen-bond donors (Lipinski definition) is 4. The number of ether oxygens (including phenoxy) is 3. The smallest absolute Gasteiger partial charge is 0.356 e. The van der Waals surface area contributed by atoms with Crippen molar-refractivity contribution < 1.29 is 48.0 Å². The predicted molar refractivity (Wildman–Crippen MR) is 230 cm³/mol. The summed E-state index contributed by atoms with van der Waals surface area (Å²) in [5, 5.41) is 30.1. The molecule has 8 rings (SSSR count). The van der Waals surface area contributed by atoms with E-state index in [1.165, 1.54) is 69.9 Å². The van der Waals surface area contributed by atoms with Crippen LogP contribution in [0.25, 0.3) is 55.2 Å². The van der Waals surface area contributed by atoms with Crippen molar-refractivity contribution in [2.75, 3.05) is 32.0 Å². The molecule has 0 radical (unpaired) electrons. The SMILES string of the molecule is COC(=O)c1ccc(C(=O)O)c(-c2c3ccc(=O)c(CNc4cccc5ccc(C(=O)OC)nc45)c-3oc3c(CNc4cccc5ccc(C(=O)OC)nc45)c(O)c(Cl)cc23)c1. The van der Waals surface area contributed by atoms with Crippen LogP contribution in [0.3, 0.4) is 0 Å². The molecule has 4 N–H and O–H groups in total. The van der Waals surface area contributed by atoms with Crippen LogP contribution in [-0.2, 0) is 27.3 Å². The largest absolute Gasteiger partial charge is 0.506 e. The number of para-hydroxylation sites is 2. The Morgan fingerprint density at radius 3 is 1.84 bits per heavy atom. The average Bonchev–Trinajstić information content (AvgIpc) is 3.29. The van der Waals surface area contributed by atoms with Crippen LogP contribution in [0.2, 0.25) is 5.02 Å². The lowest BCUT2D eigenvalue weighted by Gasteiger charge is -2.22. The normalized spacial score (nSPS) is 11.2. The Hall–Kier alpha value is -8.04. The third kappa shape index (κ3) is 7.30. The highest BCUT2D eigenvalue weighted by Gasteiger charge is 2.29. The number of nitrogens with zero attached hydrogens (tertiary/aromatic N) is 2. The first-order valence-corrected chi connectivity index (χ1v) is 19.1. The number of aromatic nitrogens is 2. The number of esters is 3. The number of nitrogens with one attached hydrogen (secondary N) is 2. The van der Waals surface area contributed by atoms with Crippen LogP contribution in [-0.4, -0.2) is 65.4 Å². The maximum atomic E-state index is 13.9. The second-order valence-corrected chi connectivity index (χ2v) is 14.3. The molecule has 4 aromatic carbocycles. The van der Waals surface area contributed by atoms with Gasteiger partial charge in [0.15, 0.2) is 5.43 Å². The molecular formula is C46H33ClN4O11. The summed E-state index contributed by atoms with van der Waals surface area (Å²) in [4.78, 5) is 73.4. The van der Waals surface area contributed by atoms with Gasteiger partial charge in [-0.2, -0.15) is 0 Å². The van der Waals surface area contributed by atoms with Crippen LogP contribution >= 0.6 is 11.6 Å². The molecule has 1 aliphatic carbocycles. The lowest BCUT2D eigenvalue weighted by atomic mass is 9.87. The van der Waals surface area contributed by atoms with E-state index in [0.717, 1.165) is 0 Å². The van der Waals surface area contributed by atoms with Crippen LogP contribution in [0.5, 0.6) is 5.75 Å². The first-order chi connectivity index (χ1) is 29.9. The highest BCUT2D eigenvalue weighted by atomic mass is 35.5. The Labute approximate surface area is 355 Å². The summed E-state index contributed by atoms with van der Waals surface area (Å²) < 4.78 is 21.4. The highest BCUT2D eigenvalue weighted by molar-refractivity contribution is 6.33. The van der Waals surface area contributed by atoms with Gasteiger partial charge < -0.3 is 39.5 Å². The molecule has 6 aromatic rings. The van der Waals surface area contributed by atoms with E-state index in [2.05, 4.69) is 20.6 Å². The van der Waals surface area contributed by atoms with E-state index < -0.39 is 29.3 Å². The summed E-state index contributed by atoms with van der Waals surface area (Å²) >= 11 is 6.75. The number of carboxylic acids is 1. The van der Waals surface area contributed by atoms with E-state index >= 15 is 0 Å². The molecule has 3 heterocycles. The van der Waals surface area contributed by atoms with Crippen LogP contribution < -0.4 is 16.1 Å². The number of fused-ring (bicyclic) bond motifs is 4. The molecular weight excluding hydrogens is 820 g/mol. The summed E-state index contributed by atoms with van der Waals surface area (Å²) in [6, 6.07) is 25.3. The molecule has 15 nitrogen and oxygen atoms in total. The molecule has 0 fully saturated rings. The van der Waals surface area contributed by atoms with Crippen molar-refractivity contribution in [3.8, 4) is 28.2 Å². The molecule has 0 unspecified atom stereocenters. The number of pyridine rings is 2. The van der Waals surface area contributed by atoms with Gasteiger partial charge in [0.05, 0.1) is 71.0 Å². The second kappa shape index (κ2) is 16.5. The predicted octanol–water partition coefficient (Wildman–Crippen LogP) is 8.30. The van der Waals surface area contributed by atoms with E-state index in [9.17, 15) is 34.2 Å². The third-order valence-electron chi connectivity index (χ3n) is 10.3. The number of rotatable bonds is 11. The highest BCUT2D eigenvalue weighted by Crippen LogP contribution is 2.47. The van der Waals surface area contributed by atoms with Gasteiger partial charge in [-0.3, -0.25) is 4.79 Å². The average molecular weight is 853 g/mol. The van der Waals surface area contributed by atoms with Crippen molar-refractivity contribution in [3.05, 3.63) is 146 Å². The Kier molecular flexibility index (Phi) is 10.9. The van der Waals surface area contributed by atoms with Gasteiger partial charge >= 0.3 is 23.9 Å². The fourth-order valence-electron chi connectivity index (χ4n) is 7.33. The van der Waals surface area contributed by atoms with Crippen LogP contribution in [0, 0.1) is 0 Å². The van der Waals surface area contributed by atoms with E-state index in [0.29, 0.717) is 33.2 Å². The third-order valence-corrected chi connectivity index (χ3v) is 10.6. The van der Waals surface area contributed by atoms with E-state index in [-0.39, 0.29) is 90.9 Å². The van der Waals surface area contributed by atoms with Gasteiger partial charge in [0, 0.05) is 40.4 Å². The topological polar surface area (TPSA) is 216 Å². The van der Waals surface area contributed by atoms with Crippen molar-refractivity contribution >= 4 is 79.6 Å². The summed E-state index contributed by atoms with van der Waals surface area (Å²) in [5.74, 6) is -3.69. The van der Waals surface area contributed by atoms with Crippen LogP contribution in [0.4, 0.5) is 11.4 Å². The van der Waals surface area contributed by atoms with Gasteiger partial charge in [0.1, 0.15) is 28.5 Å². The quantitative estimate of drug-likeness (QED) is 0.0547. The van der Waals surface area contributed by atoms with Crippen molar-refractivity contribution in [2.24, 2.45) is 0 Å². The number of aromatic carboxylic acids is 1. The molecule has 0 atom stereocenters. The summed E-state index contributed by atoms with van der Waals surface area (Å²) in [7, 11) is 3.69. The van der Waals surface area contributed by atoms with Crippen molar-refractivity contribution in [2.45, 2.75) is 13.1 Å². The monoisotopic (exact) mass is 852 g/mol. The fraction of sp³-hybridized carbons (Fsp3) is 0.109. The first kappa shape index (κ1) is 40.7. The van der Waals surface area contributed by atoms with Gasteiger partial charge in [-0.1, -0.05) is 48.0 Å². The maximum absolute atomic E-state index is 13.9. The number of halogens is 1. The number of carboxylic acid groups (broad SMARTS) is 1. The Bertz CT molecular complexity index is 3200. The molecule has 0 amide bonds. The lowest BCUT2D eigenvalue weighted by Crippen LogP contribution is -2.16. The molecule has 310 valence electrons. The van der Waals surface area contributed by atoms with Gasteiger partial charge in [0.2, 0.25) is 0 Å². The van der Waals surface area contributed by atoms with Crippen molar-refractivity contribution in [3.63, 3.8) is 0 Å². The van der Waals surface area contributed by atoms with E-state index in [1.54, 1.807) is 48.5 Å². The van der Waals surface area contributed by atoms with Gasteiger partial charge in [-0.05, 0) is 66.2 Å². The zero-order valence-corrected chi connectivity index (χ0v) is 33.7. The minimum Gasteiger partial charge on any atom is -0.506 e. The van der Waals surface area contributed by atoms with E-state index in [1.807, 2.05) is 0 Å². The fourth-order valence-corrected chi connectivity index (χ4v) is 7.56. The standard InChI is InChI=1S/C46H33ClN4O11/c1-59-44(56)24-10-13-25(43(54)55)27(18-24)37-26-14-17-36(52)29(20-48-32-8-4-6-22-11-15-34(45(57)60-2)50-38(22)32)41(26)62-42-28(37)19-31(47)40(53)30(42)21-49-33-9-5-7-23-12-16-35(46(58)61-3)51-39(23)33/h4-19,48-49,53H,20-21H2,1-3H3,(H,54,55). The molecule has 0 spiro atoms. The minimum absolute atomic E-state index is 0.0200. The zero-order valence-electron chi connectivity index (χ0n) is 33.0. The lowest BCUT2D eigenvalue weighted by molar-refractivity contribution is 0.0586. The number of anilines is 2. The molecule has 62 heavy (non-hydrogen) atoms. The van der Waals surface area contributed by atoms with Gasteiger partial charge in [-0.15, -0.1) is 0 Å². The zero-order chi connectivity index (χ0) is 43.8. The minimum atomic E-state index is -1.32. The van der Waals surface area contributed by atoms with Gasteiger partial charge in [0.25, 0.3) is 0 Å². The number of aromatic hydroxyl groups is 1. The number of methoxy groups -OCH3 is 3. The molecule has 0 bridgehead atoms. The van der Waals surface area contributed by atoms with E-state index in [4.69, 9.17) is 30.2 Å². The number of phenolic OH excluding ortho intramolecular Hbond substituents is 1. The Morgan fingerprint density at radius 1 is 0.694 bits per heavy atom.